The van der Waals surface area contributed by atoms with E-state index in [1.54, 1.807) is 0 Å². The fraction of sp³-hybridized carbons (Fsp3) is 0.440. The molecule has 4 rings (SSSR count). The first-order chi connectivity index (χ1) is 14.4. The number of phenolic OH excluding ortho intramolecular Hbond substituents is 1. The topological polar surface area (TPSA) is 48.2 Å². The van der Waals surface area contributed by atoms with E-state index in [1.807, 2.05) is 13.0 Å². The van der Waals surface area contributed by atoms with Gasteiger partial charge in [-0.3, -0.25) is 0 Å². The number of aryl methyl sites for hydroxylation is 2. The number of nitrogens with zero attached hydrogens (tertiary/aromatic N) is 3. The number of hydrogen-bond donors (Lipinski definition) is 2. The van der Waals surface area contributed by atoms with E-state index in [0.717, 1.165) is 48.3 Å². The summed E-state index contributed by atoms with van der Waals surface area (Å²) in [5.74, 6) is 0.467. The zero-order valence-electron chi connectivity index (χ0n) is 18.3. The molecule has 0 radical (unpaired) electrons. The lowest BCUT2D eigenvalue weighted by Gasteiger charge is -2.32. The van der Waals surface area contributed by atoms with Gasteiger partial charge >= 0.3 is 0 Å². The highest BCUT2D eigenvalue weighted by Gasteiger charge is 2.31. The first kappa shape index (κ1) is 21.0. The maximum atomic E-state index is 10.7. The Hall–Kier alpha value is -2.27. The summed E-state index contributed by atoms with van der Waals surface area (Å²) in [5.41, 5.74) is 7.71. The zero-order chi connectivity index (χ0) is 21.4. The smallest absolute Gasteiger partial charge is 0.125 e. The van der Waals surface area contributed by atoms with Crippen molar-refractivity contribution in [3.05, 3.63) is 58.1 Å². The predicted octanol–water partition coefficient (Wildman–Crippen LogP) is 5.82. The van der Waals surface area contributed by atoms with E-state index >= 15 is 0 Å². The molecule has 2 aliphatic rings. The molecule has 2 aliphatic heterocycles. The monoisotopic (exact) mass is 421 g/mol. The van der Waals surface area contributed by atoms with Crippen LogP contribution < -0.4 is 4.90 Å². The summed E-state index contributed by atoms with van der Waals surface area (Å²) < 4.78 is 0. The molecular weight excluding hydrogens is 390 g/mol. The molecule has 4 nitrogen and oxygen atoms in total. The average molecular weight is 422 g/mol. The molecule has 2 aromatic rings. The minimum absolute atomic E-state index is 0.155. The molecule has 5 heteroatoms. The number of hydrogen-bond acceptors (Lipinski definition) is 4. The van der Waals surface area contributed by atoms with Crippen LogP contribution in [0, 0.1) is 6.92 Å². The van der Waals surface area contributed by atoms with Gasteiger partial charge in [0, 0.05) is 24.3 Å². The van der Waals surface area contributed by atoms with Crippen molar-refractivity contribution in [2.24, 2.45) is 10.2 Å². The summed E-state index contributed by atoms with van der Waals surface area (Å²) in [7, 11) is 0. The number of aromatic hydroxyl groups is 1. The van der Waals surface area contributed by atoms with Crippen molar-refractivity contribution in [3.8, 4) is 5.75 Å². The average Bonchev–Trinajstić information content (AvgIpc) is 3.09. The molecule has 1 atom stereocenters. The third kappa shape index (κ3) is 3.76. The molecule has 30 heavy (non-hydrogen) atoms. The number of thiol groups is 1. The lowest BCUT2D eigenvalue weighted by molar-refractivity contribution is 0.473. The Morgan fingerprint density at radius 3 is 2.73 bits per heavy atom. The van der Waals surface area contributed by atoms with Crippen LogP contribution in [0.4, 0.5) is 5.69 Å². The van der Waals surface area contributed by atoms with E-state index in [1.165, 1.54) is 23.2 Å². The first-order valence-corrected chi connectivity index (χ1v) is 11.4. The normalized spacial score (nSPS) is 18.5. The molecule has 0 saturated heterocycles. The van der Waals surface area contributed by atoms with E-state index in [4.69, 9.17) is 0 Å². The van der Waals surface area contributed by atoms with Gasteiger partial charge in [0.1, 0.15) is 10.8 Å². The SMILES string of the molecule is CCCN1CCCc2ccc(C3C(S)=NN=C3c3cc(C(C)C)c(C)cc3O)cc21. The molecule has 158 valence electrons. The molecule has 1 N–H and O–H groups in total. The van der Waals surface area contributed by atoms with E-state index in [0.29, 0.717) is 11.0 Å². The maximum absolute atomic E-state index is 10.7. The molecule has 0 amide bonds. The molecule has 0 spiro atoms. The van der Waals surface area contributed by atoms with Gasteiger partial charge in [-0.1, -0.05) is 32.9 Å². The van der Waals surface area contributed by atoms with Gasteiger partial charge in [-0.05, 0) is 72.6 Å². The highest BCUT2D eigenvalue weighted by Crippen LogP contribution is 2.38. The van der Waals surface area contributed by atoms with Crippen molar-refractivity contribution >= 4 is 29.1 Å². The summed E-state index contributed by atoms with van der Waals surface area (Å²) in [5, 5.41) is 20.2. The minimum Gasteiger partial charge on any atom is -0.507 e. The van der Waals surface area contributed by atoms with E-state index in [-0.39, 0.29) is 11.7 Å². The number of rotatable bonds is 5. The highest BCUT2D eigenvalue weighted by atomic mass is 32.1. The summed E-state index contributed by atoms with van der Waals surface area (Å²) in [4.78, 5) is 2.49. The summed E-state index contributed by atoms with van der Waals surface area (Å²) >= 11 is 4.66. The predicted molar refractivity (Wildman–Crippen MR) is 130 cm³/mol. The molecule has 2 aromatic carbocycles. The number of fused-ring (bicyclic) bond motifs is 1. The van der Waals surface area contributed by atoms with Gasteiger partial charge in [0.15, 0.2) is 0 Å². The molecule has 0 aliphatic carbocycles. The third-order valence-corrected chi connectivity index (χ3v) is 6.57. The van der Waals surface area contributed by atoms with Crippen molar-refractivity contribution < 1.29 is 5.11 Å². The summed E-state index contributed by atoms with van der Waals surface area (Å²) in [6, 6.07) is 10.6. The summed E-state index contributed by atoms with van der Waals surface area (Å²) in [6.45, 7) is 10.8. The maximum Gasteiger partial charge on any atom is 0.125 e. The summed E-state index contributed by atoms with van der Waals surface area (Å²) in [6.07, 6.45) is 3.46. The van der Waals surface area contributed by atoms with Crippen LogP contribution in [0.1, 0.15) is 73.3 Å². The Bertz CT molecular complexity index is 1030. The van der Waals surface area contributed by atoms with Crippen molar-refractivity contribution in [2.45, 2.75) is 58.8 Å². The van der Waals surface area contributed by atoms with Crippen molar-refractivity contribution in [1.29, 1.82) is 0 Å². The lowest BCUT2D eigenvalue weighted by atomic mass is 9.86. The molecule has 0 bridgehead atoms. The van der Waals surface area contributed by atoms with E-state index in [2.05, 4.69) is 72.8 Å². The van der Waals surface area contributed by atoms with Crippen LogP contribution in [-0.2, 0) is 6.42 Å². The van der Waals surface area contributed by atoms with Crippen LogP contribution >= 0.6 is 12.6 Å². The van der Waals surface area contributed by atoms with Crippen LogP contribution in [-0.4, -0.2) is 29.0 Å². The molecule has 2 heterocycles. The fourth-order valence-corrected chi connectivity index (χ4v) is 5.06. The quantitative estimate of drug-likeness (QED) is 0.598. The van der Waals surface area contributed by atoms with Crippen molar-refractivity contribution in [3.63, 3.8) is 0 Å². The fourth-order valence-electron chi connectivity index (χ4n) is 4.74. The van der Waals surface area contributed by atoms with Gasteiger partial charge in [-0.25, -0.2) is 0 Å². The van der Waals surface area contributed by atoms with Crippen LogP contribution in [0.3, 0.4) is 0 Å². The van der Waals surface area contributed by atoms with Gasteiger partial charge in [-0.15, -0.1) is 17.7 Å². The van der Waals surface area contributed by atoms with Crippen molar-refractivity contribution in [2.75, 3.05) is 18.0 Å². The Kier molecular flexibility index (Phi) is 5.92. The van der Waals surface area contributed by atoms with Gasteiger partial charge < -0.3 is 10.0 Å². The van der Waals surface area contributed by atoms with Crippen LogP contribution in [0.2, 0.25) is 0 Å². The second-order valence-corrected chi connectivity index (χ2v) is 9.19. The largest absolute Gasteiger partial charge is 0.507 e. The number of anilines is 1. The molecule has 0 fully saturated rings. The molecule has 0 saturated carbocycles. The second kappa shape index (κ2) is 8.46. The first-order valence-electron chi connectivity index (χ1n) is 11.0. The Morgan fingerprint density at radius 1 is 1.20 bits per heavy atom. The molecule has 0 aromatic heterocycles. The van der Waals surface area contributed by atoms with Gasteiger partial charge in [-0.2, -0.15) is 5.10 Å². The third-order valence-electron chi connectivity index (χ3n) is 6.23. The van der Waals surface area contributed by atoms with Gasteiger partial charge in [0.25, 0.3) is 0 Å². The standard InChI is InChI=1S/C25H31N3OS/c1-5-10-28-11-6-7-17-8-9-18(13-21(17)28)23-24(26-27-25(23)30)20-14-19(15(2)3)16(4)12-22(20)29/h8-9,12-15,23,29H,5-7,10-11H2,1-4H3,(H,27,30). The van der Waals surface area contributed by atoms with Crippen LogP contribution in [0.15, 0.2) is 40.5 Å². The Balaban J connectivity index is 1.76. The lowest BCUT2D eigenvalue weighted by Crippen LogP contribution is -2.30. The van der Waals surface area contributed by atoms with E-state index < -0.39 is 0 Å². The number of phenols is 1. The molecule has 1 unspecified atom stereocenters. The van der Waals surface area contributed by atoms with Gasteiger partial charge in [0.05, 0.1) is 11.6 Å². The Labute approximate surface area is 185 Å². The molecular formula is C25H31N3OS. The van der Waals surface area contributed by atoms with E-state index in [9.17, 15) is 5.11 Å². The minimum atomic E-state index is -0.155. The van der Waals surface area contributed by atoms with Crippen molar-refractivity contribution in [1.82, 2.24) is 0 Å². The Morgan fingerprint density at radius 2 is 2.00 bits per heavy atom. The highest BCUT2D eigenvalue weighted by molar-refractivity contribution is 7.97. The van der Waals surface area contributed by atoms with Gasteiger partial charge in [0.2, 0.25) is 0 Å². The van der Waals surface area contributed by atoms with Crippen LogP contribution in [0.5, 0.6) is 5.75 Å². The number of benzene rings is 2. The van der Waals surface area contributed by atoms with Crippen LogP contribution in [0.25, 0.3) is 0 Å². The zero-order valence-corrected chi connectivity index (χ0v) is 19.2. The second-order valence-electron chi connectivity index (χ2n) is 8.74.